The second kappa shape index (κ2) is 9.94. The largest absolute Gasteiger partial charge is 0.457 e. The van der Waals surface area contributed by atoms with E-state index in [1.54, 1.807) is 6.33 Å². The van der Waals surface area contributed by atoms with Gasteiger partial charge in [0.05, 0.1) is 5.52 Å². The summed E-state index contributed by atoms with van der Waals surface area (Å²) in [5.41, 5.74) is 3.86. The summed E-state index contributed by atoms with van der Waals surface area (Å²) < 4.78 is 6.01. The molecular formula is C29H28N4O. The predicted octanol–water partition coefficient (Wildman–Crippen LogP) is 6.17. The lowest BCUT2D eigenvalue weighted by molar-refractivity contribution is 0.242. The third kappa shape index (κ3) is 5.19. The van der Waals surface area contributed by atoms with Crippen LogP contribution in [0, 0.1) is 24.7 Å². The summed E-state index contributed by atoms with van der Waals surface area (Å²) in [5.74, 6) is 9.70. The first-order valence-corrected chi connectivity index (χ1v) is 11.7. The van der Waals surface area contributed by atoms with E-state index in [9.17, 15) is 0 Å². The molecule has 1 fully saturated rings. The predicted molar refractivity (Wildman–Crippen MR) is 138 cm³/mol. The Kier molecular flexibility index (Phi) is 6.42. The van der Waals surface area contributed by atoms with Crippen LogP contribution in [0.5, 0.6) is 11.5 Å². The maximum absolute atomic E-state index is 6.01. The Labute approximate surface area is 200 Å². The highest BCUT2D eigenvalue weighted by Crippen LogP contribution is 2.30. The van der Waals surface area contributed by atoms with E-state index in [1.807, 2.05) is 61.5 Å². The Morgan fingerprint density at radius 2 is 1.91 bits per heavy atom. The molecule has 0 aliphatic carbocycles. The van der Waals surface area contributed by atoms with Gasteiger partial charge >= 0.3 is 0 Å². The van der Waals surface area contributed by atoms with Gasteiger partial charge in [0.2, 0.25) is 0 Å². The van der Waals surface area contributed by atoms with Crippen molar-refractivity contribution < 1.29 is 4.74 Å². The molecule has 1 unspecified atom stereocenters. The minimum absolute atomic E-state index is 0.429. The molecule has 1 N–H and O–H groups in total. The number of aromatic nitrogens is 2. The fraction of sp³-hybridized carbons (Fsp3) is 0.241. The molecule has 1 atom stereocenters. The summed E-state index contributed by atoms with van der Waals surface area (Å²) in [5, 5.41) is 4.41. The molecule has 4 aromatic rings. The number of nitrogens with one attached hydrogen (secondary N) is 1. The maximum atomic E-state index is 6.01. The zero-order chi connectivity index (χ0) is 23.3. The van der Waals surface area contributed by atoms with Crippen molar-refractivity contribution in [2.75, 3.05) is 25.5 Å². The topological polar surface area (TPSA) is 50.3 Å². The van der Waals surface area contributed by atoms with E-state index in [4.69, 9.17) is 4.74 Å². The number of ether oxygens (including phenoxy) is 1. The van der Waals surface area contributed by atoms with Crippen LogP contribution in [0.1, 0.15) is 24.0 Å². The number of aryl methyl sites for hydroxylation is 1. The van der Waals surface area contributed by atoms with E-state index < -0.39 is 0 Å². The molecule has 1 aliphatic rings. The number of benzene rings is 3. The van der Waals surface area contributed by atoms with Crippen LogP contribution in [0.15, 0.2) is 73.1 Å². The zero-order valence-electron chi connectivity index (χ0n) is 19.6. The highest BCUT2D eigenvalue weighted by atomic mass is 16.5. The molecule has 1 saturated heterocycles. The summed E-state index contributed by atoms with van der Waals surface area (Å²) >= 11 is 0. The van der Waals surface area contributed by atoms with Crippen molar-refractivity contribution in [3.63, 3.8) is 0 Å². The van der Waals surface area contributed by atoms with Crippen molar-refractivity contribution >= 4 is 22.4 Å². The van der Waals surface area contributed by atoms with Crippen LogP contribution in [0.25, 0.3) is 10.9 Å². The smallest absolute Gasteiger partial charge is 0.141 e. The number of piperidine rings is 1. The van der Waals surface area contributed by atoms with Crippen molar-refractivity contribution in [3.05, 3.63) is 84.2 Å². The van der Waals surface area contributed by atoms with Gasteiger partial charge in [-0.05, 0) is 87.5 Å². The molecule has 170 valence electrons. The van der Waals surface area contributed by atoms with Crippen LogP contribution < -0.4 is 10.1 Å². The van der Waals surface area contributed by atoms with Crippen molar-refractivity contribution in [2.45, 2.75) is 19.8 Å². The Morgan fingerprint density at radius 3 is 2.74 bits per heavy atom. The van der Waals surface area contributed by atoms with Crippen LogP contribution >= 0.6 is 0 Å². The molecule has 0 saturated carbocycles. The third-order valence-corrected chi connectivity index (χ3v) is 6.09. The lowest BCUT2D eigenvalue weighted by atomic mass is 9.98. The fourth-order valence-corrected chi connectivity index (χ4v) is 4.30. The van der Waals surface area contributed by atoms with E-state index in [0.717, 1.165) is 51.6 Å². The summed E-state index contributed by atoms with van der Waals surface area (Å²) in [4.78, 5) is 11.3. The van der Waals surface area contributed by atoms with E-state index in [2.05, 4.69) is 51.2 Å². The number of likely N-dealkylation sites (tertiary alicyclic amines) is 1. The van der Waals surface area contributed by atoms with Gasteiger partial charge in [-0.15, -0.1) is 0 Å². The van der Waals surface area contributed by atoms with E-state index >= 15 is 0 Å². The Morgan fingerprint density at radius 1 is 1.03 bits per heavy atom. The van der Waals surface area contributed by atoms with Gasteiger partial charge in [0, 0.05) is 29.1 Å². The minimum Gasteiger partial charge on any atom is -0.457 e. The fourth-order valence-electron chi connectivity index (χ4n) is 4.30. The molecule has 5 nitrogen and oxygen atoms in total. The molecule has 0 radical (unpaired) electrons. The molecule has 3 aromatic carbocycles. The molecule has 5 heteroatoms. The van der Waals surface area contributed by atoms with Crippen molar-refractivity contribution in [1.82, 2.24) is 14.9 Å². The average Bonchev–Trinajstić information content (AvgIpc) is 2.85. The molecule has 2 heterocycles. The molecule has 0 spiro atoms. The first-order chi connectivity index (χ1) is 16.6. The van der Waals surface area contributed by atoms with Gasteiger partial charge in [0.1, 0.15) is 23.6 Å². The summed E-state index contributed by atoms with van der Waals surface area (Å²) in [7, 11) is 2.17. The third-order valence-electron chi connectivity index (χ3n) is 6.09. The Bertz CT molecular complexity index is 1360. The molecular weight excluding hydrogens is 420 g/mol. The first-order valence-electron chi connectivity index (χ1n) is 11.7. The number of nitrogens with zero attached hydrogens (tertiary/aromatic N) is 3. The molecule has 0 bridgehead atoms. The van der Waals surface area contributed by atoms with Crippen LogP contribution in [-0.2, 0) is 0 Å². The zero-order valence-corrected chi connectivity index (χ0v) is 19.6. The molecule has 0 amide bonds. The van der Waals surface area contributed by atoms with Gasteiger partial charge in [0.15, 0.2) is 0 Å². The van der Waals surface area contributed by atoms with Crippen molar-refractivity contribution in [2.24, 2.45) is 5.92 Å². The number of fused-ring (bicyclic) bond motifs is 1. The summed E-state index contributed by atoms with van der Waals surface area (Å²) in [6.07, 6.45) is 3.97. The number of hydrogen-bond donors (Lipinski definition) is 1. The van der Waals surface area contributed by atoms with Crippen LogP contribution in [0.4, 0.5) is 11.5 Å². The number of hydrogen-bond acceptors (Lipinski definition) is 5. The van der Waals surface area contributed by atoms with Crippen LogP contribution in [0.2, 0.25) is 0 Å². The Hall–Kier alpha value is -3.88. The van der Waals surface area contributed by atoms with Gasteiger partial charge in [0.25, 0.3) is 0 Å². The SMILES string of the molecule is Cc1cc(Nc2ncnc3ccc(C#CC4CCCN(C)C4)cc23)ccc1Oc1ccccc1. The summed E-state index contributed by atoms with van der Waals surface area (Å²) in [6, 6.07) is 22.0. The second-order valence-corrected chi connectivity index (χ2v) is 8.85. The monoisotopic (exact) mass is 448 g/mol. The second-order valence-electron chi connectivity index (χ2n) is 8.85. The molecule has 1 aromatic heterocycles. The van der Waals surface area contributed by atoms with Gasteiger partial charge < -0.3 is 15.0 Å². The standard InChI is InChI=1S/C29H28N4O/c1-21-17-24(13-15-28(21)34-25-8-4-3-5-9-25)32-29-26-18-22(12-14-27(26)30-20-31-29)10-11-23-7-6-16-33(2)19-23/h3-5,8-9,12-15,17-18,20,23H,6-7,16,19H2,1-2H3,(H,30,31,32). The highest BCUT2D eigenvalue weighted by Gasteiger charge is 2.14. The lowest BCUT2D eigenvalue weighted by Crippen LogP contribution is -2.31. The Balaban J connectivity index is 1.37. The average molecular weight is 449 g/mol. The van der Waals surface area contributed by atoms with Gasteiger partial charge in [-0.2, -0.15) is 0 Å². The van der Waals surface area contributed by atoms with Gasteiger partial charge in [-0.25, -0.2) is 9.97 Å². The molecule has 34 heavy (non-hydrogen) atoms. The lowest BCUT2D eigenvalue weighted by Gasteiger charge is -2.26. The van der Waals surface area contributed by atoms with Crippen LogP contribution in [-0.4, -0.2) is 35.0 Å². The number of anilines is 2. The van der Waals surface area contributed by atoms with Crippen molar-refractivity contribution in [3.8, 4) is 23.3 Å². The number of para-hydroxylation sites is 1. The van der Waals surface area contributed by atoms with E-state index in [1.165, 1.54) is 19.4 Å². The van der Waals surface area contributed by atoms with Gasteiger partial charge in [-0.1, -0.05) is 30.0 Å². The maximum Gasteiger partial charge on any atom is 0.141 e. The quantitative estimate of drug-likeness (QED) is 0.379. The molecule has 1 aliphatic heterocycles. The first kappa shape index (κ1) is 21.9. The number of rotatable bonds is 4. The summed E-state index contributed by atoms with van der Waals surface area (Å²) in [6.45, 7) is 4.25. The van der Waals surface area contributed by atoms with Crippen LogP contribution in [0.3, 0.4) is 0 Å². The minimum atomic E-state index is 0.429. The van der Waals surface area contributed by atoms with Crippen molar-refractivity contribution in [1.29, 1.82) is 0 Å². The normalized spacial score (nSPS) is 16.0. The van der Waals surface area contributed by atoms with E-state index in [0.29, 0.717) is 5.92 Å². The van der Waals surface area contributed by atoms with E-state index in [-0.39, 0.29) is 0 Å². The molecule has 5 rings (SSSR count). The highest BCUT2D eigenvalue weighted by molar-refractivity contribution is 5.91. The van der Waals surface area contributed by atoms with Gasteiger partial charge in [-0.3, -0.25) is 0 Å².